The molecule has 0 aliphatic rings. The highest BCUT2D eigenvalue weighted by molar-refractivity contribution is 7.89. The van der Waals surface area contributed by atoms with E-state index in [4.69, 9.17) is 4.74 Å². The second-order valence-electron chi connectivity index (χ2n) is 7.85. The van der Waals surface area contributed by atoms with Crippen LogP contribution in [0.25, 0.3) is 6.08 Å². The number of hydrogen-bond acceptors (Lipinski definition) is 7. The summed E-state index contributed by atoms with van der Waals surface area (Å²) in [5.74, 6) is -1.60. The Kier molecular flexibility index (Phi) is 9.57. The van der Waals surface area contributed by atoms with Crippen molar-refractivity contribution < 1.29 is 22.7 Å². The van der Waals surface area contributed by atoms with Crippen LogP contribution in [-0.2, 0) is 24.3 Å². The van der Waals surface area contributed by atoms with Crippen molar-refractivity contribution in [3.8, 4) is 6.07 Å². The predicted octanol–water partition coefficient (Wildman–Crippen LogP) is 3.18. The lowest BCUT2D eigenvalue weighted by molar-refractivity contribution is -0.142. The molecule has 0 aromatic heterocycles. The number of ether oxygens (including phenoxy) is 1. The highest BCUT2D eigenvalue weighted by Crippen LogP contribution is 2.23. The normalized spacial score (nSPS) is 11.6. The standard InChI is InChI=1S/C25H30N4O5S/c1-6-29(7-2)35(32,33)22-13-8-18(3)23(15-22)27-24(30)17-34-25(31)20(16-26)14-19-9-11-21(12-10-19)28(4)5/h8-15H,6-7,17H2,1-5H3,(H,27,30)/b20-14+. The number of carbonyl (C=O) groups is 2. The smallest absolute Gasteiger partial charge is 0.349 e. The average Bonchev–Trinajstić information content (AvgIpc) is 2.83. The number of nitrogens with one attached hydrogen (secondary N) is 1. The Bertz CT molecular complexity index is 1240. The van der Waals surface area contributed by atoms with Crippen molar-refractivity contribution in [2.45, 2.75) is 25.7 Å². The molecular weight excluding hydrogens is 468 g/mol. The first kappa shape index (κ1) is 27.6. The minimum absolute atomic E-state index is 0.0501. The molecule has 0 saturated carbocycles. The van der Waals surface area contributed by atoms with Crippen LogP contribution in [0.3, 0.4) is 0 Å². The Hall–Kier alpha value is -3.68. The summed E-state index contributed by atoms with van der Waals surface area (Å²) in [4.78, 5) is 26.7. The zero-order valence-corrected chi connectivity index (χ0v) is 21.3. The van der Waals surface area contributed by atoms with Gasteiger partial charge >= 0.3 is 5.97 Å². The number of esters is 1. The monoisotopic (exact) mass is 498 g/mol. The van der Waals surface area contributed by atoms with Crippen molar-refractivity contribution >= 4 is 39.4 Å². The number of aryl methyl sites for hydroxylation is 1. The van der Waals surface area contributed by atoms with Gasteiger partial charge in [-0.15, -0.1) is 0 Å². The number of benzene rings is 2. The number of amides is 1. The molecule has 0 heterocycles. The highest BCUT2D eigenvalue weighted by atomic mass is 32.2. The van der Waals surface area contributed by atoms with Crippen LogP contribution in [0.2, 0.25) is 0 Å². The molecule has 2 aromatic rings. The predicted molar refractivity (Wildman–Crippen MR) is 135 cm³/mol. The van der Waals surface area contributed by atoms with E-state index in [9.17, 15) is 23.3 Å². The summed E-state index contributed by atoms with van der Waals surface area (Å²) in [7, 11) is 0.0935. The van der Waals surface area contributed by atoms with Crippen LogP contribution in [0, 0.1) is 18.3 Å². The molecule has 0 radical (unpaired) electrons. The molecule has 35 heavy (non-hydrogen) atoms. The molecule has 0 bridgehead atoms. The van der Waals surface area contributed by atoms with Crippen molar-refractivity contribution in [2.75, 3.05) is 44.0 Å². The summed E-state index contributed by atoms with van der Waals surface area (Å²) in [5.41, 5.74) is 2.27. The third kappa shape index (κ3) is 7.15. The van der Waals surface area contributed by atoms with Gasteiger partial charge in [0.05, 0.1) is 4.90 Å². The Balaban J connectivity index is 2.08. The van der Waals surface area contributed by atoms with Gasteiger partial charge in [0, 0.05) is 38.6 Å². The second kappa shape index (κ2) is 12.1. The second-order valence-corrected chi connectivity index (χ2v) is 9.78. The van der Waals surface area contributed by atoms with Gasteiger partial charge in [-0.1, -0.05) is 32.0 Å². The molecule has 0 aliphatic carbocycles. The van der Waals surface area contributed by atoms with E-state index >= 15 is 0 Å². The maximum atomic E-state index is 12.8. The lowest BCUT2D eigenvalue weighted by Gasteiger charge is -2.19. The Morgan fingerprint density at radius 3 is 2.26 bits per heavy atom. The number of hydrogen-bond donors (Lipinski definition) is 1. The Morgan fingerprint density at radius 1 is 1.09 bits per heavy atom. The number of anilines is 2. The minimum atomic E-state index is -3.70. The SMILES string of the molecule is CCN(CC)S(=O)(=O)c1ccc(C)c(NC(=O)COC(=O)/C(C#N)=C/c2ccc(N(C)C)cc2)c1. The number of nitriles is 1. The molecule has 9 nitrogen and oxygen atoms in total. The highest BCUT2D eigenvalue weighted by Gasteiger charge is 2.22. The van der Waals surface area contributed by atoms with Gasteiger partial charge in [-0.05, 0) is 48.4 Å². The summed E-state index contributed by atoms with van der Waals surface area (Å²) in [6.45, 7) is 5.21. The molecule has 0 atom stereocenters. The quantitative estimate of drug-likeness (QED) is 0.303. The van der Waals surface area contributed by atoms with Gasteiger partial charge in [-0.3, -0.25) is 4.79 Å². The van der Waals surface area contributed by atoms with Crippen molar-refractivity contribution in [1.82, 2.24) is 4.31 Å². The van der Waals surface area contributed by atoms with E-state index in [2.05, 4.69) is 5.32 Å². The van der Waals surface area contributed by atoms with Gasteiger partial charge in [0.2, 0.25) is 10.0 Å². The third-order valence-corrected chi connectivity index (χ3v) is 7.27. The van der Waals surface area contributed by atoms with E-state index in [1.165, 1.54) is 22.5 Å². The topological polar surface area (TPSA) is 120 Å². The lowest BCUT2D eigenvalue weighted by Crippen LogP contribution is -2.30. The first-order valence-corrected chi connectivity index (χ1v) is 12.4. The fourth-order valence-electron chi connectivity index (χ4n) is 3.18. The molecule has 0 spiro atoms. The van der Waals surface area contributed by atoms with E-state index in [-0.39, 0.29) is 16.2 Å². The molecule has 0 fully saturated rings. The van der Waals surface area contributed by atoms with Gasteiger partial charge < -0.3 is 15.0 Å². The Labute approximate surface area is 206 Å². The van der Waals surface area contributed by atoms with Crippen LogP contribution < -0.4 is 10.2 Å². The number of sulfonamides is 1. The summed E-state index contributed by atoms with van der Waals surface area (Å²) in [6, 6.07) is 13.4. The lowest BCUT2D eigenvalue weighted by atomic mass is 10.1. The molecule has 10 heteroatoms. The molecular formula is C25H30N4O5S. The van der Waals surface area contributed by atoms with Crippen LogP contribution in [0.4, 0.5) is 11.4 Å². The van der Waals surface area contributed by atoms with E-state index < -0.39 is 28.5 Å². The zero-order valence-electron chi connectivity index (χ0n) is 20.5. The zero-order chi connectivity index (χ0) is 26.2. The molecule has 2 aromatic carbocycles. The molecule has 186 valence electrons. The minimum Gasteiger partial charge on any atom is -0.451 e. The van der Waals surface area contributed by atoms with Gasteiger partial charge in [0.15, 0.2) is 6.61 Å². The van der Waals surface area contributed by atoms with Crippen LogP contribution in [0.5, 0.6) is 0 Å². The third-order valence-electron chi connectivity index (χ3n) is 5.22. The van der Waals surface area contributed by atoms with E-state index in [1.54, 1.807) is 45.0 Å². The summed E-state index contributed by atoms with van der Waals surface area (Å²) in [6.07, 6.45) is 1.38. The fourth-order valence-corrected chi connectivity index (χ4v) is 4.66. The molecule has 2 rings (SSSR count). The van der Waals surface area contributed by atoms with Crippen molar-refractivity contribution in [1.29, 1.82) is 5.26 Å². The van der Waals surface area contributed by atoms with Crippen LogP contribution in [0.1, 0.15) is 25.0 Å². The fraction of sp³-hybridized carbons (Fsp3) is 0.320. The Morgan fingerprint density at radius 2 is 1.71 bits per heavy atom. The van der Waals surface area contributed by atoms with Gasteiger partial charge in [0.1, 0.15) is 11.6 Å². The van der Waals surface area contributed by atoms with Crippen molar-refractivity contribution in [3.63, 3.8) is 0 Å². The molecule has 1 amide bonds. The molecule has 0 aliphatic heterocycles. The maximum absolute atomic E-state index is 12.8. The van der Waals surface area contributed by atoms with Gasteiger partial charge in [-0.2, -0.15) is 9.57 Å². The van der Waals surface area contributed by atoms with E-state index in [0.717, 1.165) is 5.69 Å². The summed E-state index contributed by atoms with van der Waals surface area (Å²) < 4.78 is 31.9. The van der Waals surface area contributed by atoms with Crippen LogP contribution in [-0.4, -0.2) is 58.4 Å². The average molecular weight is 499 g/mol. The summed E-state index contributed by atoms with van der Waals surface area (Å²) >= 11 is 0. The molecule has 1 N–H and O–H groups in total. The van der Waals surface area contributed by atoms with E-state index in [1.807, 2.05) is 31.1 Å². The first-order chi connectivity index (χ1) is 16.5. The first-order valence-electron chi connectivity index (χ1n) is 11.0. The van der Waals surface area contributed by atoms with Crippen LogP contribution >= 0.6 is 0 Å². The largest absolute Gasteiger partial charge is 0.451 e. The van der Waals surface area contributed by atoms with Crippen LogP contribution in [0.15, 0.2) is 52.9 Å². The van der Waals surface area contributed by atoms with E-state index in [0.29, 0.717) is 24.2 Å². The maximum Gasteiger partial charge on any atom is 0.349 e. The summed E-state index contributed by atoms with van der Waals surface area (Å²) in [5, 5.41) is 11.9. The van der Waals surface area contributed by atoms with Crippen molar-refractivity contribution in [2.24, 2.45) is 0 Å². The number of carbonyl (C=O) groups excluding carboxylic acids is 2. The number of nitrogens with zero attached hydrogens (tertiary/aromatic N) is 3. The van der Waals surface area contributed by atoms with Crippen molar-refractivity contribution in [3.05, 3.63) is 59.2 Å². The number of rotatable bonds is 10. The molecule has 0 unspecified atom stereocenters. The van der Waals surface area contributed by atoms with Gasteiger partial charge in [0.25, 0.3) is 5.91 Å². The van der Waals surface area contributed by atoms with Gasteiger partial charge in [-0.25, -0.2) is 13.2 Å². The molecule has 0 saturated heterocycles.